The van der Waals surface area contributed by atoms with E-state index in [1.165, 1.54) is 0 Å². The summed E-state index contributed by atoms with van der Waals surface area (Å²) < 4.78 is 8.50. The molecule has 180 valence electrons. The van der Waals surface area contributed by atoms with Crippen LogP contribution in [0.4, 0.5) is 0 Å². The lowest BCUT2D eigenvalue weighted by Gasteiger charge is -2.10. The quantitative estimate of drug-likeness (QED) is 0.318. The molecule has 0 atom stereocenters. The van der Waals surface area contributed by atoms with Crippen LogP contribution in [0, 0.1) is 13.8 Å². The minimum atomic E-state index is -0.595. The van der Waals surface area contributed by atoms with E-state index < -0.39 is 5.97 Å². The molecule has 0 aliphatic heterocycles. The zero-order valence-corrected chi connectivity index (χ0v) is 20.4. The molecule has 2 heterocycles. The van der Waals surface area contributed by atoms with Crippen molar-refractivity contribution in [1.29, 1.82) is 0 Å². The smallest absolute Gasteiger partial charge is 0.359 e. The van der Waals surface area contributed by atoms with Gasteiger partial charge in [0.05, 0.1) is 18.8 Å². The van der Waals surface area contributed by atoms with Crippen molar-refractivity contribution in [3.63, 3.8) is 0 Å². The highest BCUT2D eigenvalue weighted by atomic mass is 16.5. The SMILES string of the molecule is CCOC(=O)c1nc(-c2ccc(C)cc2)nc2c1n(Cc1ccccc1)c(=O)n2-c1ccccc1C. The fraction of sp³-hybridized carbons (Fsp3) is 0.172. The van der Waals surface area contributed by atoms with Crippen LogP contribution in [-0.4, -0.2) is 31.7 Å². The molecule has 0 N–H and O–H groups in total. The predicted molar refractivity (Wildman–Crippen MR) is 140 cm³/mol. The summed E-state index contributed by atoms with van der Waals surface area (Å²) in [5.41, 5.74) is 4.83. The van der Waals surface area contributed by atoms with E-state index in [1.54, 1.807) is 16.1 Å². The van der Waals surface area contributed by atoms with E-state index >= 15 is 0 Å². The second kappa shape index (κ2) is 9.62. The second-order valence-electron chi connectivity index (χ2n) is 8.63. The van der Waals surface area contributed by atoms with E-state index in [0.717, 1.165) is 22.3 Å². The van der Waals surface area contributed by atoms with Gasteiger partial charge in [-0.1, -0.05) is 78.4 Å². The van der Waals surface area contributed by atoms with Gasteiger partial charge in [0.1, 0.15) is 5.52 Å². The number of hydrogen-bond acceptors (Lipinski definition) is 5. The molecule has 5 rings (SSSR count). The number of imidazole rings is 1. The number of benzene rings is 3. The maximum Gasteiger partial charge on any atom is 0.359 e. The van der Waals surface area contributed by atoms with E-state index in [1.807, 2.05) is 92.7 Å². The van der Waals surface area contributed by atoms with Crippen molar-refractivity contribution in [2.45, 2.75) is 27.3 Å². The van der Waals surface area contributed by atoms with Crippen LogP contribution in [0.2, 0.25) is 0 Å². The molecule has 0 saturated carbocycles. The number of para-hydroxylation sites is 1. The molecular formula is C29H26N4O3. The molecule has 5 aromatic rings. The first-order valence-electron chi connectivity index (χ1n) is 11.8. The third-order valence-corrected chi connectivity index (χ3v) is 6.09. The minimum Gasteiger partial charge on any atom is -0.461 e. The van der Waals surface area contributed by atoms with Gasteiger partial charge < -0.3 is 4.74 Å². The highest BCUT2D eigenvalue weighted by Crippen LogP contribution is 2.26. The summed E-state index contributed by atoms with van der Waals surface area (Å²) in [5, 5.41) is 0. The van der Waals surface area contributed by atoms with E-state index in [2.05, 4.69) is 4.98 Å². The van der Waals surface area contributed by atoms with E-state index in [9.17, 15) is 9.59 Å². The Balaban J connectivity index is 1.88. The average Bonchev–Trinajstić information content (AvgIpc) is 3.16. The van der Waals surface area contributed by atoms with Crippen LogP contribution >= 0.6 is 0 Å². The Morgan fingerprint density at radius 3 is 2.28 bits per heavy atom. The lowest BCUT2D eigenvalue weighted by molar-refractivity contribution is 0.0521. The van der Waals surface area contributed by atoms with Crippen LogP contribution in [0.5, 0.6) is 0 Å². The third-order valence-electron chi connectivity index (χ3n) is 6.09. The zero-order valence-electron chi connectivity index (χ0n) is 20.4. The predicted octanol–water partition coefficient (Wildman–Crippen LogP) is 5.09. The number of carbonyl (C=O) groups excluding carboxylic acids is 1. The molecular weight excluding hydrogens is 452 g/mol. The van der Waals surface area contributed by atoms with Crippen LogP contribution in [-0.2, 0) is 11.3 Å². The number of aromatic nitrogens is 4. The van der Waals surface area contributed by atoms with Gasteiger partial charge in [-0.2, -0.15) is 0 Å². The first kappa shape index (κ1) is 23.2. The maximum atomic E-state index is 14.0. The molecule has 0 saturated heterocycles. The van der Waals surface area contributed by atoms with Gasteiger partial charge in [0.2, 0.25) is 0 Å². The first-order valence-corrected chi connectivity index (χ1v) is 11.8. The average molecular weight is 479 g/mol. The van der Waals surface area contributed by atoms with Crippen LogP contribution in [0.3, 0.4) is 0 Å². The molecule has 7 heteroatoms. The Bertz CT molecular complexity index is 1620. The van der Waals surface area contributed by atoms with Gasteiger partial charge in [-0.3, -0.25) is 4.57 Å². The Morgan fingerprint density at radius 1 is 0.889 bits per heavy atom. The lowest BCUT2D eigenvalue weighted by Crippen LogP contribution is -2.24. The van der Waals surface area contributed by atoms with Gasteiger partial charge in [0, 0.05) is 5.56 Å². The summed E-state index contributed by atoms with van der Waals surface area (Å²) in [5.74, 6) is -0.244. The molecule has 0 bridgehead atoms. The zero-order chi connectivity index (χ0) is 25.2. The number of hydrogen-bond donors (Lipinski definition) is 0. The number of ether oxygens (including phenoxy) is 1. The first-order chi connectivity index (χ1) is 17.5. The molecule has 3 aromatic carbocycles. The molecule has 0 radical (unpaired) electrons. The Labute approximate surface area is 208 Å². The largest absolute Gasteiger partial charge is 0.461 e. The van der Waals surface area contributed by atoms with Gasteiger partial charge in [-0.15, -0.1) is 0 Å². The molecule has 36 heavy (non-hydrogen) atoms. The number of aryl methyl sites for hydroxylation is 2. The van der Waals surface area contributed by atoms with Gasteiger partial charge in [0.25, 0.3) is 0 Å². The molecule has 2 aromatic heterocycles. The number of nitrogens with zero attached hydrogens (tertiary/aromatic N) is 4. The fourth-order valence-corrected chi connectivity index (χ4v) is 4.27. The Morgan fingerprint density at radius 2 is 1.58 bits per heavy atom. The lowest BCUT2D eigenvalue weighted by atomic mass is 10.1. The van der Waals surface area contributed by atoms with Crippen molar-refractivity contribution in [2.75, 3.05) is 6.61 Å². The van der Waals surface area contributed by atoms with Crippen molar-refractivity contribution >= 4 is 17.1 Å². The summed E-state index contributed by atoms with van der Waals surface area (Å²) in [6.45, 7) is 6.13. The maximum absolute atomic E-state index is 14.0. The summed E-state index contributed by atoms with van der Waals surface area (Å²) >= 11 is 0. The third kappa shape index (κ3) is 4.20. The van der Waals surface area contributed by atoms with Crippen molar-refractivity contribution in [3.05, 3.63) is 112 Å². The summed E-state index contributed by atoms with van der Waals surface area (Å²) in [4.78, 5) is 36.6. The van der Waals surface area contributed by atoms with Crippen LogP contribution < -0.4 is 5.69 Å². The molecule has 7 nitrogen and oxygen atoms in total. The minimum absolute atomic E-state index is 0.0674. The van der Waals surface area contributed by atoms with Crippen molar-refractivity contribution in [2.24, 2.45) is 0 Å². The second-order valence-corrected chi connectivity index (χ2v) is 8.63. The highest BCUT2D eigenvalue weighted by Gasteiger charge is 2.26. The van der Waals surface area contributed by atoms with Crippen molar-refractivity contribution < 1.29 is 9.53 Å². The molecule has 0 spiro atoms. The van der Waals surface area contributed by atoms with Gasteiger partial charge in [0.15, 0.2) is 17.2 Å². The molecule has 0 amide bonds. The normalized spacial score (nSPS) is 11.1. The van der Waals surface area contributed by atoms with Gasteiger partial charge >= 0.3 is 11.7 Å². The van der Waals surface area contributed by atoms with Crippen LogP contribution in [0.25, 0.3) is 28.2 Å². The summed E-state index contributed by atoms with van der Waals surface area (Å²) in [6.07, 6.45) is 0. The standard InChI is InChI=1S/C29H26N4O3/c1-4-36-28(34)24-25-27(31-26(30-24)22-16-14-19(2)15-17-22)33(23-13-9-8-10-20(23)3)29(35)32(25)18-21-11-6-5-7-12-21/h5-17H,4,18H2,1-3H3. The number of carbonyl (C=O) groups is 1. The van der Waals surface area contributed by atoms with Crippen LogP contribution in [0.15, 0.2) is 83.7 Å². The molecule has 0 aliphatic carbocycles. The van der Waals surface area contributed by atoms with E-state index in [4.69, 9.17) is 9.72 Å². The summed E-state index contributed by atoms with van der Waals surface area (Å²) in [7, 11) is 0. The monoisotopic (exact) mass is 478 g/mol. The highest BCUT2D eigenvalue weighted by molar-refractivity contribution is 6.00. The fourth-order valence-electron chi connectivity index (χ4n) is 4.27. The molecule has 0 unspecified atom stereocenters. The topological polar surface area (TPSA) is 79.0 Å². The van der Waals surface area contributed by atoms with Crippen LogP contribution in [0.1, 0.15) is 34.1 Å². The van der Waals surface area contributed by atoms with Crippen molar-refractivity contribution in [1.82, 2.24) is 19.1 Å². The number of fused-ring (bicyclic) bond motifs is 1. The van der Waals surface area contributed by atoms with E-state index in [0.29, 0.717) is 22.7 Å². The van der Waals surface area contributed by atoms with Crippen molar-refractivity contribution in [3.8, 4) is 17.1 Å². The number of rotatable bonds is 6. The molecule has 0 aliphatic rings. The van der Waals surface area contributed by atoms with Gasteiger partial charge in [-0.25, -0.2) is 24.1 Å². The number of esters is 1. The molecule has 0 fully saturated rings. The summed E-state index contributed by atoms with van der Waals surface area (Å²) in [6, 6.07) is 25.0. The Kier molecular flexibility index (Phi) is 6.21. The Hall–Kier alpha value is -4.52. The van der Waals surface area contributed by atoms with Gasteiger partial charge in [-0.05, 0) is 38.0 Å². The van der Waals surface area contributed by atoms with E-state index in [-0.39, 0.29) is 24.5 Å².